The second-order valence-electron chi connectivity index (χ2n) is 10.1. The van der Waals surface area contributed by atoms with Crippen LogP contribution in [0.15, 0.2) is 29.2 Å². The van der Waals surface area contributed by atoms with Gasteiger partial charge in [0.1, 0.15) is 10.4 Å². The fourth-order valence-corrected chi connectivity index (χ4v) is 8.68. The quantitative estimate of drug-likeness (QED) is 0.597. The third-order valence-corrected chi connectivity index (χ3v) is 10.2. The van der Waals surface area contributed by atoms with Gasteiger partial charge in [0.05, 0.1) is 5.02 Å². The summed E-state index contributed by atoms with van der Waals surface area (Å²) in [7, 11) is -3.94. The average molecular weight is 466 g/mol. The molecule has 0 aliphatic heterocycles. The highest BCUT2D eigenvalue weighted by Gasteiger charge is 2.59. The number of halogens is 1. The highest BCUT2D eigenvalue weighted by atomic mass is 35.5. The lowest BCUT2D eigenvalue weighted by Gasteiger charge is -2.59. The summed E-state index contributed by atoms with van der Waals surface area (Å²) in [5.74, 6) is 0.467. The highest BCUT2D eigenvalue weighted by molar-refractivity contribution is 7.89. The average Bonchev–Trinajstić information content (AvgIpc) is 2.67. The Hall–Kier alpha value is -1.64. The van der Waals surface area contributed by atoms with Gasteiger partial charge in [-0.2, -0.15) is 4.72 Å². The van der Waals surface area contributed by atoms with Gasteiger partial charge in [0, 0.05) is 11.5 Å². The first-order valence-corrected chi connectivity index (χ1v) is 12.9. The number of rotatable bonds is 6. The Kier molecular flexibility index (Phi) is 4.92. The second-order valence-corrected chi connectivity index (χ2v) is 12.1. The maximum Gasteiger partial charge on any atom is 0.243 e. The van der Waals surface area contributed by atoms with E-state index < -0.39 is 21.0 Å². The van der Waals surface area contributed by atoms with Crippen LogP contribution in [0.4, 0.5) is 0 Å². The molecule has 5 aliphatic rings. The third-order valence-electron chi connectivity index (χ3n) is 8.19. The van der Waals surface area contributed by atoms with Crippen LogP contribution in [0, 0.1) is 23.2 Å². The standard InChI is InChI=1S/C22H28ClN3O4S/c23-16-4-1-2-5-17(16)31(29,30)26-22(6-3-7-22)20(28)25-18-14-8-13-9-15(18)12-21(10-13,11-14)19(24)27/h1-2,4-5,13-15,18,26H,3,6-12H2,(H2,24,27)(H,25,28). The fourth-order valence-electron chi connectivity index (χ4n) is 6.73. The van der Waals surface area contributed by atoms with E-state index in [0.717, 1.165) is 38.5 Å². The molecular formula is C22H28ClN3O4S. The minimum absolute atomic E-state index is 0.0197. The summed E-state index contributed by atoms with van der Waals surface area (Å²) < 4.78 is 28.6. The summed E-state index contributed by atoms with van der Waals surface area (Å²) in [5.41, 5.74) is 4.20. The molecule has 2 amide bonds. The van der Waals surface area contributed by atoms with E-state index >= 15 is 0 Å². The van der Waals surface area contributed by atoms with Gasteiger partial charge in [0.2, 0.25) is 21.8 Å². The van der Waals surface area contributed by atoms with Gasteiger partial charge in [0.25, 0.3) is 0 Å². The summed E-state index contributed by atoms with van der Waals surface area (Å²) >= 11 is 6.10. The first-order chi connectivity index (χ1) is 14.6. The van der Waals surface area contributed by atoms with E-state index in [-0.39, 0.29) is 39.6 Å². The third kappa shape index (κ3) is 3.38. The minimum atomic E-state index is -3.94. The molecule has 5 fully saturated rings. The van der Waals surface area contributed by atoms with Crippen molar-refractivity contribution in [1.29, 1.82) is 0 Å². The Morgan fingerprint density at radius 2 is 1.71 bits per heavy atom. The maximum atomic E-state index is 13.4. The molecule has 9 heteroatoms. The Morgan fingerprint density at radius 1 is 1.06 bits per heavy atom. The predicted molar refractivity (Wildman–Crippen MR) is 115 cm³/mol. The predicted octanol–water partition coefficient (Wildman–Crippen LogP) is 2.34. The number of carbonyl (C=O) groups excluding carboxylic acids is 2. The van der Waals surface area contributed by atoms with E-state index in [1.165, 1.54) is 12.1 Å². The largest absolute Gasteiger partial charge is 0.369 e. The first kappa shape index (κ1) is 21.2. The van der Waals surface area contributed by atoms with E-state index in [9.17, 15) is 18.0 Å². The number of carbonyl (C=O) groups is 2. The Labute approximate surface area is 187 Å². The number of nitrogens with two attached hydrogens (primary N) is 1. The lowest BCUT2D eigenvalue weighted by molar-refractivity contribution is -0.149. The van der Waals surface area contributed by atoms with E-state index in [4.69, 9.17) is 17.3 Å². The first-order valence-electron chi connectivity index (χ1n) is 11.0. The van der Waals surface area contributed by atoms with Crippen LogP contribution in [0.3, 0.4) is 0 Å². The molecule has 2 unspecified atom stereocenters. The van der Waals surface area contributed by atoms with E-state index in [1.807, 2.05) is 0 Å². The van der Waals surface area contributed by atoms with Crippen LogP contribution in [0.1, 0.15) is 51.4 Å². The van der Waals surface area contributed by atoms with Crippen molar-refractivity contribution in [2.24, 2.45) is 28.9 Å². The normalized spacial score (nSPS) is 35.4. The topological polar surface area (TPSA) is 118 Å². The van der Waals surface area contributed by atoms with Crippen molar-refractivity contribution in [1.82, 2.24) is 10.0 Å². The van der Waals surface area contributed by atoms with Crippen molar-refractivity contribution in [2.45, 2.75) is 67.8 Å². The molecule has 6 rings (SSSR count). The van der Waals surface area contributed by atoms with Gasteiger partial charge in [-0.05, 0) is 81.3 Å². The fraction of sp³-hybridized carbons (Fsp3) is 0.636. The van der Waals surface area contributed by atoms with Crippen molar-refractivity contribution in [3.8, 4) is 0 Å². The number of hydrogen-bond acceptors (Lipinski definition) is 4. The van der Waals surface area contributed by atoms with Crippen LogP contribution >= 0.6 is 11.6 Å². The molecule has 1 aromatic carbocycles. The molecule has 1 aromatic rings. The molecule has 168 valence electrons. The van der Waals surface area contributed by atoms with Gasteiger partial charge in [-0.15, -0.1) is 0 Å². The lowest BCUT2D eigenvalue weighted by atomic mass is 9.47. The van der Waals surface area contributed by atoms with Gasteiger partial charge in [-0.25, -0.2) is 8.42 Å². The van der Waals surface area contributed by atoms with Crippen LogP contribution in [-0.2, 0) is 19.6 Å². The molecule has 2 atom stereocenters. The molecule has 7 nitrogen and oxygen atoms in total. The van der Waals surface area contributed by atoms with Crippen LogP contribution in [0.2, 0.25) is 5.02 Å². The summed E-state index contributed by atoms with van der Waals surface area (Å²) in [6.45, 7) is 0. The number of benzene rings is 1. The van der Waals surface area contributed by atoms with Crippen molar-refractivity contribution in [2.75, 3.05) is 0 Å². The SMILES string of the molecule is NC(=O)C12CC3CC(C1)C(NC(=O)C1(NS(=O)(=O)c4ccccc4Cl)CCC1)C(C3)C2. The number of hydrogen-bond donors (Lipinski definition) is 3. The van der Waals surface area contributed by atoms with Gasteiger partial charge >= 0.3 is 0 Å². The molecule has 0 heterocycles. The molecule has 0 aromatic heterocycles. The monoisotopic (exact) mass is 465 g/mol. The van der Waals surface area contributed by atoms with Crippen LogP contribution in [-0.4, -0.2) is 31.8 Å². The van der Waals surface area contributed by atoms with Gasteiger partial charge in [-0.1, -0.05) is 23.7 Å². The van der Waals surface area contributed by atoms with Gasteiger partial charge in [-0.3, -0.25) is 9.59 Å². The molecule has 5 aliphatic carbocycles. The summed E-state index contributed by atoms with van der Waals surface area (Å²) in [6.07, 6.45) is 6.00. The molecule has 4 bridgehead atoms. The smallest absolute Gasteiger partial charge is 0.243 e. The minimum Gasteiger partial charge on any atom is -0.369 e. The molecule has 4 N–H and O–H groups in total. The van der Waals surface area contributed by atoms with E-state index in [0.29, 0.717) is 18.8 Å². The Balaban J connectivity index is 1.34. The Morgan fingerprint density at radius 3 is 2.26 bits per heavy atom. The zero-order chi connectivity index (χ0) is 22.0. The number of nitrogens with one attached hydrogen (secondary N) is 2. The van der Waals surface area contributed by atoms with Crippen molar-refractivity contribution >= 4 is 33.4 Å². The van der Waals surface area contributed by atoms with Crippen molar-refractivity contribution in [3.05, 3.63) is 29.3 Å². The van der Waals surface area contributed by atoms with Gasteiger partial charge < -0.3 is 11.1 Å². The lowest BCUT2D eigenvalue weighted by Crippen LogP contribution is -2.68. The number of amides is 2. The van der Waals surface area contributed by atoms with Crippen LogP contribution in [0.25, 0.3) is 0 Å². The Bertz CT molecular complexity index is 1020. The summed E-state index contributed by atoms with van der Waals surface area (Å²) in [5, 5.41) is 3.33. The zero-order valence-corrected chi connectivity index (χ0v) is 18.8. The van der Waals surface area contributed by atoms with E-state index in [1.54, 1.807) is 12.1 Å². The van der Waals surface area contributed by atoms with Crippen LogP contribution < -0.4 is 15.8 Å². The van der Waals surface area contributed by atoms with Crippen molar-refractivity contribution < 1.29 is 18.0 Å². The molecule has 0 spiro atoms. The zero-order valence-electron chi connectivity index (χ0n) is 17.3. The molecular weight excluding hydrogens is 438 g/mol. The molecule has 0 radical (unpaired) electrons. The number of sulfonamides is 1. The van der Waals surface area contributed by atoms with Gasteiger partial charge in [0.15, 0.2) is 0 Å². The van der Waals surface area contributed by atoms with E-state index in [2.05, 4.69) is 10.0 Å². The van der Waals surface area contributed by atoms with Crippen molar-refractivity contribution in [3.63, 3.8) is 0 Å². The highest BCUT2D eigenvalue weighted by Crippen LogP contribution is 2.60. The van der Waals surface area contributed by atoms with Crippen LogP contribution in [0.5, 0.6) is 0 Å². The number of primary amides is 1. The second kappa shape index (κ2) is 7.18. The maximum absolute atomic E-state index is 13.4. The molecule has 31 heavy (non-hydrogen) atoms. The molecule has 5 saturated carbocycles. The molecule has 0 saturated heterocycles. The summed E-state index contributed by atoms with van der Waals surface area (Å²) in [6, 6.07) is 6.21. The summed E-state index contributed by atoms with van der Waals surface area (Å²) in [4.78, 5) is 25.5.